The maximum absolute atomic E-state index is 5.09. The molecule has 0 amide bonds. The Morgan fingerprint density at radius 1 is 1.40 bits per heavy atom. The molecule has 1 aromatic rings. The average molecular weight is 205 g/mol. The van der Waals surface area contributed by atoms with Crippen molar-refractivity contribution in [3.05, 3.63) is 30.3 Å². The van der Waals surface area contributed by atoms with Gasteiger partial charge in [-0.3, -0.25) is 5.48 Å². The van der Waals surface area contributed by atoms with Crippen LogP contribution in [0.2, 0.25) is 0 Å². The summed E-state index contributed by atoms with van der Waals surface area (Å²) in [7, 11) is 0. The van der Waals surface area contributed by atoms with E-state index in [1.807, 2.05) is 37.3 Å². The Labute approximate surface area is 89.3 Å². The molecule has 0 aromatic heterocycles. The number of para-hydroxylation sites is 1. The van der Waals surface area contributed by atoms with Crippen LogP contribution in [-0.2, 0) is 4.84 Å². The molecular formula is C11H15N3O. The molecule has 1 unspecified atom stereocenters. The molecule has 0 saturated heterocycles. The highest BCUT2D eigenvalue weighted by molar-refractivity contribution is 5.82. The van der Waals surface area contributed by atoms with E-state index in [-0.39, 0.29) is 6.23 Å². The monoisotopic (exact) mass is 205 g/mol. The molecule has 1 aliphatic rings. The Balaban J connectivity index is 1.74. The molecule has 0 radical (unpaired) electrons. The molecule has 1 heterocycles. The number of aliphatic imine (C=N–C) groups is 1. The fourth-order valence-corrected chi connectivity index (χ4v) is 1.42. The van der Waals surface area contributed by atoms with Crippen LogP contribution in [0.3, 0.4) is 0 Å². The molecule has 0 saturated carbocycles. The van der Waals surface area contributed by atoms with E-state index >= 15 is 0 Å². The summed E-state index contributed by atoms with van der Waals surface area (Å²) in [6.45, 7) is 2.76. The molecule has 0 spiro atoms. The molecule has 1 aliphatic heterocycles. The lowest BCUT2D eigenvalue weighted by atomic mass is 10.3. The van der Waals surface area contributed by atoms with Crippen LogP contribution in [0.5, 0.6) is 0 Å². The predicted molar refractivity (Wildman–Crippen MR) is 60.7 cm³/mol. The number of amidine groups is 1. The van der Waals surface area contributed by atoms with Crippen molar-refractivity contribution < 1.29 is 4.84 Å². The minimum absolute atomic E-state index is 0.0586. The second kappa shape index (κ2) is 4.79. The van der Waals surface area contributed by atoms with Gasteiger partial charge in [0.15, 0.2) is 6.23 Å². The van der Waals surface area contributed by atoms with Crippen molar-refractivity contribution in [2.24, 2.45) is 4.99 Å². The summed E-state index contributed by atoms with van der Waals surface area (Å²) >= 11 is 0. The lowest BCUT2D eigenvalue weighted by molar-refractivity contribution is 0.0497. The van der Waals surface area contributed by atoms with Gasteiger partial charge in [0.05, 0.1) is 0 Å². The summed E-state index contributed by atoms with van der Waals surface area (Å²) in [6, 6.07) is 10.1. The molecule has 0 aliphatic carbocycles. The summed E-state index contributed by atoms with van der Waals surface area (Å²) in [6.07, 6.45) is 0.788. The summed E-state index contributed by atoms with van der Waals surface area (Å²) in [4.78, 5) is 9.35. The van der Waals surface area contributed by atoms with Crippen LogP contribution in [-0.4, -0.2) is 18.6 Å². The van der Waals surface area contributed by atoms with Crippen molar-refractivity contribution in [3.8, 4) is 0 Å². The van der Waals surface area contributed by atoms with E-state index in [1.54, 1.807) is 0 Å². The Bertz CT molecular complexity index is 337. The number of anilines is 1. The molecule has 2 N–H and O–H groups in total. The van der Waals surface area contributed by atoms with Crippen LogP contribution < -0.4 is 10.8 Å². The Morgan fingerprint density at radius 2 is 2.20 bits per heavy atom. The van der Waals surface area contributed by atoms with Gasteiger partial charge in [-0.25, -0.2) is 9.83 Å². The summed E-state index contributed by atoms with van der Waals surface area (Å²) in [5, 5.41) is 3.31. The van der Waals surface area contributed by atoms with E-state index in [1.165, 1.54) is 0 Å². The van der Waals surface area contributed by atoms with Crippen molar-refractivity contribution in [2.75, 3.05) is 11.9 Å². The summed E-state index contributed by atoms with van der Waals surface area (Å²) in [5.74, 6) is 0.908. The Morgan fingerprint density at radius 3 is 2.87 bits per heavy atom. The number of rotatable bonds is 4. The third kappa shape index (κ3) is 2.95. The lowest BCUT2D eigenvalue weighted by Gasteiger charge is -2.05. The van der Waals surface area contributed by atoms with E-state index in [9.17, 15) is 0 Å². The number of benzene rings is 1. The number of hydrogen-bond donors (Lipinski definition) is 2. The maximum atomic E-state index is 5.09. The molecule has 80 valence electrons. The average Bonchev–Trinajstić information content (AvgIpc) is 2.66. The first kappa shape index (κ1) is 9.98. The minimum Gasteiger partial charge on any atom is -0.385 e. The van der Waals surface area contributed by atoms with Gasteiger partial charge in [-0.15, -0.1) is 0 Å². The lowest BCUT2D eigenvalue weighted by Crippen LogP contribution is -2.20. The van der Waals surface area contributed by atoms with E-state index in [0.29, 0.717) is 0 Å². The molecule has 0 bridgehead atoms. The first-order valence-electron chi connectivity index (χ1n) is 5.12. The number of hydroxylamine groups is 1. The normalized spacial score (nSPS) is 19.5. The molecule has 4 heteroatoms. The molecule has 1 aromatic carbocycles. The van der Waals surface area contributed by atoms with Gasteiger partial charge in [-0.2, -0.15) is 0 Å². The van der Waals surface area contributed by atoms with Crippen LogP contribution in [0.4, 0.5) is 5.69 Å². The van der Waals surface area contributed by atoms with Crippen LogP contribution in [0.15, 0.2) is 35.3 Å². The quantitative estimate of drug-likeness (QED) is 0.787. The van der Waals surface area contributed by atoms with Gasteiger partial charge in [0.1, 0.15) is 5.84 Å². The van der Waals surface area contributed by atoms with Crippen LogP contribution in [0.25, 0.3) is 0 Å². The van der Waals surface area contributed by atoms with Gasteiger partial charge < -0.3 is 5.32 Å². The van der Waals surface area contributed by atoms with Crippen LogP contribution in [0, 0.1) is 0 Å². The van der Waals surface area contributed by atoms with Crippen LogP contribution >= 0.6 is 0 Å². The van der Waals surface area contributed by atoms with Gasteiger partial charge in [0, 0.05) is 18.7 Å². The molecule has 0 fully saturated rings. The molecule has 4 nitrogen and oxygen atoms in total. The molecule has 2 rings (SSSR count). The van der Waals surface area contributed by atoms with E-state index in [4.69, 9.17) is 4.84 Å². The van der Waals surface area contributed by atoms with Gasteiger partial charge in [0.2, 0.25) is 0 Å². The van der Waals surface area contributed by atoms with Crippen molar-refractivity contribution >= 4 is 11.5 Å². The fraction of sp³-hybridized carbons (Fsp3) is 0.364. The number of nitrogens with zero attached hydrogens (tertiary/aromatic N) is 1. The zero-order valence-electron chi connectivity index (χ0n) is 8.73. The molecular weight excluding hydrogens is 190 g/mol. The van der Waals surface area contributed by atoms with E-state index in [2.05, 4.69) is 15.8 Å². The highest BCUT2D eigenvalue weighted by Gasteiger charge is 2.11. The maximum Gasteiger partial charge on any atom is 0.174 e. The molecule has 15 heavy (non-hydrogen) atoms. The van der Waals surface area contributed by atoms with Crippen molar-refractivity contribution in [1.29, 1.82) is 0 Å². The highest BCUT2D eigenvalue weighted by Crippen LogP contribution is 2.06. The zero-order valence-corrected chi connectivity index (χ0v) is 8.73. The third-order valence-corrected chi connectivity index (χ3v) is 2.15. The fourth-order valence-electron chi connectivity index (χ4n) is 1.42. The van der Waals surface area contributed by atoms with Crippen molar-refractivity contribution in [1.82, 2.24) is 5.48 Å². The number of nitrogens with one attached hydrogen (secondary N) is 2. The minimum atomic E-state index is -0.0586. The topological polar surface area (TPSA) is 45.7 Å². The van der Waals surface area contributed by atoms with Crippen LogP contribution in [0.1, 0.15) is 13.3 Å². The SMILES string of the molecule is CC1N=C(CCNc2ccccc2)NO1. The third-order valence-electron chi connectivity index (χ3n) is 2.15. The largest absolute Gasteiger partial charge is 0.385 e. The second-order valence-corrected chi connectivity index (χ2v) is 3.44. The Kier molecular flexibility index (Phi) is 3.19. The van der Waals surface area contributed by atoms with Crippen molar-refractivity contribution in [3.63, 3.8) is 0 Å². The van der Waals surface area contributed by atoms with Crippen molar-refractivity contribution in [2.45, 2.75) is 19.6 Å². The van der Waals surface area contributed by atoms with E-state index in [0.717, 1.165) is 24.5 Å². The standard InChI is InChI=1S/C11H15N3O/c1-9-13-11(14-15-9)7-8-12-10-5-3-2-4-6-10/h2-6,9,12H,7-8H2,1H3,(H,13,14). The highest BCUT2D eigenvalue weighted by atomic mass is 16.7. The second-order valence-electron chi connectivity index (χ2n) is 3.44. The smallest absolute Gasteiger partial charge is 0.174 e. The summed E-state index contributed by atoms with van der Waals surface area (Å²) < 4.78 is 0. The van der Waals surface area contributed by atoms with Gasteiger partial charge >= 0.3 is 0 Å². The zero-order chi connectivity index (χ0) is 10.5. The predicted octanol–water partition coefficient (Wildman–Crippen LogP) is 1.77. The van der Waals surface area contributed by atoms with Gasteiger partial charge in [-0.05, 0) is 19.1 Å². The number of hydrogen-bond acceptors (Lipinski definition) is 4. The first-order valence-corrected chi connectivity index (χ1v) is 5.12. The Hall–Kier alpha value is -1.55. The molecule has 1 atom stereocenters. The van der Waals surface area contributed by atoms with Gasteiger partial charge in [0.25, 0.3) is 0 Å². The first-order chi connectivity index (χ1) is 7.34. The van der Waals surface area contributed by atoms with Gasteiger partial charge in [-0.1, -0.05) is 18.2 Å². The summed E-state index contributed by atoms with van der Waals surface area (Å²) in [5.41, 5.74) is 3.93. The van der Waals surface area contributed by atoms with E-state index < -0.39 is 0 Å².